The summed E-state index contributed by atoms with van der Waals surface area (Å²) < 4.78 is 42.6. The van der Waals surface area contributed by atoms with Crippen LogP contribution < -0.4 is 10.1 Å². The molecule has 4 rings (SSSR count). The number of ether oxygens (including phenoxy) is 1. The highest BCUT2D eigenvalue weighted by Crippen LogP contribution is 2.33. The molecule has 2 N–H and O–H groups in total. The number of carboxylic acid groups (broad SMARTS) is 1. The summed E-state index contributed by atoms with van der Waals surface area (Å²) in [5.74, 6) is -2.58. The van der Waals surface area contributed by atoms with Gasteiger partial charge in [0, 0.05) is 27.6 Å². The Morgan fingerprint density at radius 3 is 2.20 bits per heavy atom. The summed E-state index contributed by atoms with van der Waals surface area (Å²) in [6.45, 7) is 1.65. The molecule has 1 aromatic heterocycles. The largest absolute Gasteiger partial charge is 0.573 e. The maximum absolute atomic E-state index is 13.3. The predicted molar refractivity (Wildman–Crippen MR) is 144 cm³/mol. The van der Waals surface area contributed by atoms with Crippen molar-refractivity contribution in [2.45, 2.75) is 25.7 Å². The summed E-state index contributed by atoms with van der Waals surface area (Å²) in [5.41, 5.74) is 2.33. The quantitative estimate of drug-likeness (QED) is 0.221. The van der Waals surface area contributed by atoms with E-state index in [1.54, 1.807) is 43.3 Å². The number of aliphatic carboxylic acids is 1. The van der Waals surface area contributed by atoms with Crippen molar-refractivity contribution in [3.8, 4) is 22.7 Å². The number of carbonyl (C=O) groups excluding carboxylic acids is 1. The zero-order valence-electron chi connectivity index (χ0n) is 20.5. The summed E-state index contributed by atoms with van der Waals surface area (Å²) in [6.07, 6.45) is -5.07. The minimum Gasteiger partial charge on any atom is -0.480 e. The molecule has 40 heavy (non-hydrogen) atoms. The van der Waals surface area contributed by atoms with Crippen LogP contribution in [-0.2, 0) is 11.2 Å². The van der Waals surface area contributed by atoms with Crippen LogP contribution in [0.2, 0.25) is 15.1 Å². The summed E-state index contributed by atoms with van der Waals surface area (Å²) in [4.78, 5) is 25.3. The highest BCUT2D eigenvalue weighted by molar-refractivity contribution is 6.35. The molecule has 0 spiro atoms. The van der Waals surface area contributed by atoms with Gasteiger partial charge >= 0.3 is 12.3 Å². The van der Waals surface area contributed by atoms with E-state index in [-0.39, 0.29) is 17.1 Å². The van der Waals surface area contributed by atoms with Crippen molar-refractivity contribution in [2.75, 3.05) is 0 Å². The molecule has 3 aromatic carbocycles. The van der Waals surface area contributed by atoms with Gasteiger partial charge in [-0.1, -0.05) is 59.1 Å². The molecule has 0 aliphatic heterocycles. The molecule has 4 aromatic rings. The molecular weight excluding hydrogens is 594 g/mol. The van der Waals surface area contributed by atoms with E-state index in [9.17, 15) is 27.9 Å². The third-order valence-corrected chi connectivity index (χ3v) is 6.58. The first kappa shape index (κ1) is 29.3. The van der Waals surface area contributed by atoms with Crippen LogP contribution in [-0.4, -0.2) is 39.2 Å². The van der Waals surface area contributed by atoms with Crippen LogP contribution in [0.25, 0.3) is 16.9 Å². The summed E-state index contributed by atoms with van der Waals surface area (Å²) in [6, 6.07) is 14.8. The van der Waals surface area contributed by atoms with Gasteiger partial charge in [-0.2, -0.15) is 5.10 Å². The fourth-order valence-corrected chi connectivity index (χ4v) is 4.59. The topological polar surface area (TPSA) is 93.4 Å². The Morgan fingerprint density at radius 2 is 1.62 bits per heavy atom. The third kappa shape index (κ3) is 6.88. The summed E-state index contributed by atoms with van der Waals surface area (Å²) in [7, 11) is 0. The van der Waals surface area contributed by atoms with Crippen molar-refractivity contribution in [1.29, 1.82) is 0 Å². The lowest BCUT2D eigenvalue weighted by atomic mass is 10.0. The van der Waals surface area contributed by atoms with Crippen LogP contribution in [0.3, 0.4) is 0 Å². The molecule has 13 heteroatoms. The Bertz CT molecular complexity index is 1560. The number of carboxylic acids is 1. The van der Waals surface area contributed by atoms with Crippen LogP contribution in [0.1, 0.15) is 21.6 Å². The molecule has 0 saturated carbocycles. The number of benzene rings is 3. The van der Waals surface area contributed by atoms with Crippen molar-refractivity contribution in [3.05, 3.63) is 98.6 Å². The van der Waals surface area contributed by atoms with E-state index >= 15 is 0 Å². The van der Waals surface area contributed by atoms with E-state index < -0.39 is 30.0 Å². The average Bonchev–Trinajstić information content (AvgIpc) is 3.21. The molecule has 0 unspecified atom stereocenters. The molecule has 0 fully saturated rings. The van der Waals surface area contributed by atoms with Gasteiger partial charge in [-0.25, -0.2) is 9.48 Å². The Hall–Kier alpha value is -3.73. The molecule has 1 atom stereocenters. The Labute approximate surface area is 241 Å². The van der Waals surface area contributed by atoms with Crippen molar-refractivity contribution in [1.82, 2.24) is 15.1 Å². The normalized spacial score (nSPS) is 12.2. The smallest absolute Gasteiger partial charge is 0.480 e. The number of hydrogen-bond acceptors (Lipinski definition) is 4. The highest BCUT2D eigenvalue weighted by atomic mass is 35.5. The Balaban J connectivity index is 1.66. The zero-order valence-corrected chi connectivity index (χ0v) is 22.7. The summed E-state index contributed by atoms with van der Waals surface area (Å²) >= 11 is 18.5. The lowest BCUT2D eigenvalue weighted by Gasteiger charge is -2.15. The van der Waals surface area contributed by atoms with Gasteiger partial charge in [0.25, 0.3) is 5.91 Å². The van der Waals surface area contributed by atoms with Crippen molar-refractivity contribution in [2.24, 2.45) is 0 Å². The highest BCUT2D eigenvalue weighted by Gasteiger charge is 2.31. The molecule has 208 valence electrons. The number of rotatable bonds is 8. The van der Waals surface area contributed by atoms with Crippen LogP contribution in [0.5, 0.6) is 5.75 Å². The number of nitrogens with zero attached hydrogens (tertiary/aromatic N) is 2. The lowest BCUT2D eigenvalue weighted by Crippen LogP contribution is -2.42. The number of alkyl halides is 3. The van der Waals surface area contributed by atoms with Crippen LogP contribution in [0.15, 0.2) is 66.7 Å². The van der Waals surface area contributed by atoms with Crippen LogP contribution >= 0.6 is 34.8 Å². The number of nitrogens with one attached hydrogen (secondary N) is 1. The molecule has 0 radical (unpaired) electrons. The van der Waals surface area contributed by atoms with Crippen molar-refractivity contribution in [3.63, 3.8) is 0 Å². The lowest BCUT2D eigenvalue weighted by molar-refractivity contribution is -0.274. The Morgan fingerprint density at radius 1 is 1.00 bits per heavy atom. The molecule has 1 amide bonds. The van der Waals surface area contributed by atoms with E-state index in [1.807, 2.05) is 0 Å². The number of aromatic nitrogens is 2. The minimum absolute atomic E-state index is 0.0591. The maximum Gasteiger partial charge on any atom is 0.573 e. The van der Waals surface area contributed by atoms with Gasteiger partial charge in [0.15, 0.2) is 5.69 Å². The van der Waals surface area contributed by atoms with Gasteiger partial charge in [0.2, 0.25) is 0 Å². The number of hydrogen-bond donors (Lipinski definition) is 2. The Kier molecular flexibility index (Phi) is 8.62. The van der Waals surface area contributed by atoms with E-state index in [0.717, 1.165) is 12.1 Å². The molecule has 0 aliphatic rings. The second-order valence-corrected chi connectivity index (χ2v) is 9.88. The molecule has 0 aliphatic carbocycles. The van der Waals surface area contributed by atoms with Gasteiger partial charge in [0.05, 0.1) is 16.4 Å². The second kappa shape index (κ2) is 11.8. The standard InChI is InChI=1S/C27H19Cl3F3N3O4/c1-14-23(25(37)34-21(26(38)39)12-15-2-9-19(10-3-15)40-27(31,32)33)35-36(22-11-8-18(29)13-20(22)30)24(14)16-4-6-17(28)7-5-16/h2-11,13,21H,12H2,1H3,(H,34,37)(H,38,39)/t21-/m0/s1. The fourth-order valence-electron chi connectivity index (χ4n) is 3.98. The van der Waals surface area contributed by atoms with Gasteiger partial charge in [-0.3, -0.25) is 4.79 Å². The fraction of sp³-hybridized carbons (Fsp3) is 0.148. The SMILES string of the molecule is Cc1c(C(=O)N[C@@H](Cc2ccc(OC(F)(F)F)cc2)C(=O)O)nn(-c2ccc(Cl)cc2Cl)c1-c1ccc(Cl)cc1. The number of carbonyl (C=O) groups is 2. The second-order valence-electron chi connectivity index (χ2n) is 8.60. The van der Waals surface area contributed by atoms with Crippen LogP contribution in [0.4, 0.5) is 13.2 Å². The van der Waals surface area contributed by atoms with Crippen molar-refractivity contribution < 1.29 is 32.6 Å². The first-order chi connectivity index (χ1) is 18.8. The molecule has 0 bridgehead atoms. The molecule has 1 heterocycles. The first-order valence-electron chi connectivity index (χ1n) is 11.5. The van der Waals surface area contributed by atoms with Gasteiger partial charge in [-0.05, 0) is 55.0 Å². The molecule has 7 nitrogen and oxygen atoms in total. The monoisotopic (exact) mass is 611 g/mol. The number of amides is 1. The van der Waals surface area contributed by atoms with E-state index in [1.165, 1.54) is 22.9 Å². The zero-order chi connectivity index (χ0) is 29.2. The average molecular weight is 613 g/mol. The van der Waals surface area contributed by atoms with Crippen LogP contribution in [0, 0.1) is 6.92 Å². The predicted octanol–water partition coefficient (Wildman–Crippen LogP) is 7.13. The minimum atomic E-state index is -4.86. The molecule has 0 saturated heterocycles. The third-order valence-electron chi connectivity index (χ3n) is 5.79. The van der Waals surface area contributed by atoms with E-state index in [2.05, 4.69) is 15.2 Å². The van der Waals surface area contributed by atoms with Gasteiger partial charge in [-0.15, -0.1) is 13.2 Å². The first-order valence-corrected chi connectivity index (χ1v) is 12.6. The van der Waals surface area contributed by atoms with E-state index in [0.29, 0.717) is 38.1 Å². The maximum atomic E-state index is 13.3. The molecular formula is C27H19Cl3F3N3O4. The number of halogens is 6. The van der Waals surface area contributed by atoms with Gasteiger partial charge in [0.1, 0.15) is 11.8 Å². The van der Waals surface area contributed by atoms with E-state index in [4.69, 9.17) is 34.8 Å². The van der Waals surface area contributed by atoms with Gasteiger partial charge < -0.3 is 15.2 Å². The van der Waals surface area contributed by atoms with Crippen molar-refractivity contribution >= 4 is 46.7 Å². The summed E-state index contributed by atoms with van der Waals surface area (Å²) in [5, 5.41) is 17.8.